The third kappa shape index (κ3) is 2.80. The molecular formula is C11H6ClIN4O2. The molecule has 0 fully saturated rings. The summed E-state index contributed by atoms with van der Waals surface area (Å²) in [6.07, 6.45) is 1.18. The maximum absolute atomic E-state index is 11.3. The number of halogens is 2. The van der Waals surface area contributed by atoms with E-state index in [9.17, 15) is 4.79 Å². The summed E-state index contributed by atoms with van der Waals surface area (Å²) in [5.41, 5.74) is 5.97. The molecule has 0 aliphatic rings. The fourth-order valence-electron chi connectivity index (χ4n) is 1.32. The molecule has 2 aromatic rings. The van der Waals surface area contributed by atoms with Crippen molar-refractivity contribution in [2.45, 2.75) is 0 Å². The lowest BCUT2D eigenvalue weighted by atomic mass is 10.2. The molecule has 0 saturated carbocycles. The minimum absolute atomic E-state index is 0.0419. The summed E-state index contributed by atoms with van der Waals surface area (Å²) in [7, 11) is 0. The van der Waals surface area contributed by atoms with Crippen LogP contribution in [-0.2, 0) is 0 Å². The highest BCUT2D eigenvalue weighted by atomic mass is 127. The summed E-state index contributed by atoms with van der Waals surface area (Å²) in [6, 6.07) is 5.06. The molecule has 19 heavy (non-hydrogen) atoms. The summed E-state index contributed by atoms with van der Waals surface area (Å²) in [5, 5.41) is 8.65. The Morgan fingerprint density at radius 1 is 1.53 bits per heavy atom. The van der Waals surface area contributed by atoms with Gasteiger partial charge in [-0.25, -0.2) is 4.98 Å². The van der Waals surface area contributed by atoms with Crippen LogP contribution in [-0.4, -0.2) is 9.97 Å². The second-order valence-corrected chi connectivity index (χ2v) is 4.98. The molecule has 0 amide bonds. The Bertz CT molecular complexity index is 715. The first kappa shape index (κ1) is 13.6. The Labute approximate surface area is 126 Å². The van der Waals surface area contributed by atoms with E-state index in [1.807, 2.05) is 28.7 Å². The summed E-state index contributed by atoms with van der Waals surface area (Å²) in [4.78, 5) is 17.5. The maximum Gasteiger partial charge on any atom is 0.273 e. The highest BCUT2D eigenvalue weighted by Gasteiger charge is 2.14. The number of H-pyrrole nitrogens is 1. The highest BCUT2D eigenvalue weighted by molar-refractivity contribution is 14.1. The molecular weight excluding hydrogens is 383 g/mol. The summed E-state index contributed by atoms with van der Waals surface area (Å²) in [5.74, 6) is 0.263. The van der Waals surface area contributed by atoms with E-state index >= 15 is 0 Å². The molecule has 0 atom stereocenters. The molecule has 0 unspecified atom stereocenters. The van der Waals surface area contributed by atoms with Crippen molar-refractivity contribution in [2.75, 3.05) is 5.73 Å². The van der Waals surface area contributed by atoms with E-state index in [1.165, 1.54) is 12.4 Å². The fraction of sp³-hybridized carbons (Fsp3) is 0. The van der Waals surface area contributed by atoms with Crippen LogP contribution in [0.5, 0.6) is 11.6 Å². The number of ether oxygens (including phenoxy) is 1. The second-order valence-electron chi connectivity index (χ2n) is 3.44. The number of rotatable bonds is 2. The van der Waals surface area contributed by atoms with Crippen LogP contribution in [0.25, 0.3) is 0 Å². The lowest BCUT2D eigenvalue weighted by molar-refractivity contribution is 0.460. The van der Waals surface area contributed by atoms with Gasteiger partial charge < -0.3 is 15.5 Å². The van der Waals surface area contributed by atoms with E-state index in [0.717, 1.165) is 0 Å². The second kappa shape index (κ2) is 5.46. The van der Waals surface area contributed by atoms with Crippen LogP contribution in [0.4, 0.5) is 5.69 Å². The first-order valence-electron chi connectivity index (χ1n) is 4.93. The quantitative estimate of drug-likeness (QED) is 0.606. The van der Waals surface area contributed by atoms with Gasteiger partial charge in [-0.15, -0.1) is 0 Å². The van der Waals surface area contributed by atoms with Gasteiger partial charge >= 0.3 is 0 Å². The van der Waals surface area contributed by atoms with Crippen LogP contribution < -0.4 is 16.0 Å². The number of nitrogens with one attached hydrogen (secondary N) is 1. The van der Waals surface area contributed by atoms with Crippen molar-refractivity contribution in [3.63, 3.8) is 0 Å². The van der Waals surface area contributed by atoms with Crippen molar-refractivity contribution in [2.24, 2.45) is 0 Å². The van der Waals surface area contributed by atoms with Crippen LogP contribution in [0.1, 0.15) is 5.56 Å². The molecule has 0 spiro atoms. The van der Waals surface area contributed by atoms with Gasteiger partial charge in [0.15, 0.2) is 10.8 Å². The molecule has 6 nitrogen and oxygen atoms in total. The number of nitriles is 1. The lowest BCUT2D eigenvalue weighted by Gasteiger charge is -2.10. The minimum Gasteiger partial charge on any atom is -0.434 e. The lowest BCUT2D eigenvalue weighted by Crippen LogP contribution is -2.08. The molecule has 0 radical (unpaired) electrons. The molecule has 1 aromatic heterocycles. The monoisotopic (exact) mass is 388 g/mol. The predicted molar refractivity (Wildman–Crippen MR) is 78.2 cm³/mol. The predicted octanol–water partition coefficient (Wildman–Crippen LogP) is 2.27. The Morgan fingerprint density at radius 3 is 2.89 bits per heavy atom. The van der Waals surface area contributed by atoms with Gasteiger partial charge in [0.25, 0.3) is 5.56 Å². The largest absolute Gasteiger partial charge is 0.434 e. The Morgan fingerprint density at radius 2 is 2.26 bits per heavy atom. The van der Waals surface area contributed by atoms with Gasteiger partial charge in [-0.3, -0.25) is 4.79 Å². The molecule has 0 aliphatic heterocycles. The average molecular weight is 389 g/mol. The van der Waals surface area contributed by atoms with Gasteiger partial charge in [0, 0.05) is 0 Å². The standard InChI is InChI=1S/C11H6ClIN4O2/c12-8-10(18)16-4-17-11(8)19-9-6(13)1-5(3-14)2-7(9)15/h1-2,4H,15H2,(H,16,17,18). The molecule has 0 aliphatic carbocycles. The minimum atomic E-state index is -0.506. The van der Waals surface area contributed by atoms with Crippen LogP contribution in [0, 0.1) is 14.9 Å². The number of nitrogens with zero attached hydrogens (tertiary/aromatic N) is 2. The molecule has 0 saturated heterocycles. The maximum atomic E-state index is 11.3. The van der Waals surface area contributed by atoms with Gasteiger partial charge in [0.05, 0.1) is 27.2 Å². The number of nitrogens with two attached hydrogens (primary N) is 1. The van der Waals surface area contributed by atoms with Gasteiger partial charge in [-0.1, -0.05) is 11.6 Å². The number of benzene rings is 1. The van der Waals surface area contributed by atoms with E-state index in [1.54, 1.807) is 6.07 Å². The number of nitrogen functional groups attached to an aromatic ring is 1. The van der Waals surface area contributed by atoms with E-state index in [2.05, 4.69) is 9.97 Å². The number of hydrogen-bond acceptors (Lipinski definition) is 5. The van der Waals surface area contributed by atoms with Crippen molar-refractivity contribution in [1.29, 1.82) is 5.26 Å². The zero-order valence-electron chi connectivity index (χ0n) is 9.28. The first-order chi connectivity index (χ1) is 9.02. The molecule has 3 N–H and O–H groups in total. The normalized spacial score (nSPS) is 9.95. The molecule has 2 rings (SSSR count). The zero-order valence-corrected chi connectivity index (χ0v) is 12.2. The first-order valence-corrected chi connectivity index (χ1v) is 6.38. The SMILES string of the molecule is N#Cc1cc(N)c(Oc2nc[nH]c(=O)c2Cl)c(I)c1. The molecule has 1 aromatic carbocycles. The number of aromatic amines is 1. The summed E-state index contributed by atoms with van der Waals surface area (Å²) >= 11 is 7.75. The van der Waals surface area contributed by atoms with Crippen LogP contribution in [0.2, 0.25) is 5.02 Å². The molecule has 8 heteroatoms. The van der Waals surface area contributed by atoms with Crippen LogP contribution in [0.3, 0.4) is 0 Å². The Hall–Kier alpha value is -1.79. The van der Waals surface area contributed by atoms with Crippen molar-refractivity contribution in [3.05, 3.63) is 43.0 Å². The van der Waals surface area contributed by atoms with Crippen molar-refractivity contribution >= 4 is 39.9 Å². The number of hydrogen-bond donors (Lipinski definition) is 2. The van der Waals surface area contributed by atoms with Crippen molar-refractivity contribution < 1.29 is 4.74 Å². The topological polar surface area (TPSA) is 105 Å². The van der Waals surface area contributed by atoms with E-state index in [0.29, 0.717) is 14.9 Å². The summed E-state index contributed by atoms with van der Waals surface area (Å²) in [6.45, 7) is 0. The molecule has 0 bridgehead atoms. The number of aromatic nitrogens is 2. The third-order valence-corrected chi connectivity index (χ3v) is 3.30. The highest BCUT2D eigenvalue weighted by Crippen LogP contribution is 2.34. The third-order valence-electron chi connectivity index (χ3n) is 2.16. The van der Waals surface area contributed by atoms with E-state index in [-0.39, 0.29) is 16.6 Å². The Balaban J connectivity index is 2.48. The zero-order chi connectivity index (χ0) is 14.0. The van der Waals surface area contributed by atoms with E-state index < -0.39 is 5.56 Å². The van der Waals surface area contributed by atoms with Crippen molar-refractivity contribution in [3.8, 4) is 17.7 Å². The molecule has 1 heterocycles. The average Bonchev–Trinajstić information content (AvgIpc) is 2.38. The van der Waals surface area contributed by atoms with Crippen molar-refractivity contribution in [1.82, 2.24) is 9.97 Å². The Kier molecular flexibility index (Phi) is 3.92. The van der Waals surface area contributed by atoms with Gasteiger partial charge in [-0.2, -0.15) is 5.26 Å². The van der Waals surface area contributed by atoms with Gasteiger partial charge in [0.2, 0.25) is 5.88 Å². The van der Waals surface area contributed by atoms with Gasteiger partial charge in [0.1, 0.15) is 0 Å². The van der Waals surface area contributed by atoms with E-state index in [4.69, 9.17) is 27.3 Å². The summed E-state index contributed by atoms with van der Waals surface area (Å²) < 4.78 is 6.06. The van der Waals surface area contributed by atoms with Gasteiger partial charge in [-0.05, 0) is 34.7 Å². The fourth-order valence-corrected chi connectivity index (χ4v) is 2.22. The smallest absolute Gasteiger partial charge is 0.273 e. The van der Waals surface area contributed by atoms with Crippen LogP contribution in [0.15, 0.2) is 23.3 Å². The molecule has 96 valence electrons. The van der Waals surface area contributed by atoms with Crippen LogP contribution >= 0.6 is 34.2 Å². The number of anilines is 1.